The van der Waals surface area contributed by atoms with Crippen LogP contribution in [0.5, 0.6) is 0 Å². The first kappa shape index (κ1) is 16.1. The fourth-order valence-electron chi connectivity index (χ4n) is 0.204. The van der Waals surface area contributed by atoms with Crippen LogP contribution in [0.2, 0.25) is 0 Å². The van der Waals surface area contributed by atoms with E-state index >= 15 is 0 Å². The minimum atomic E-state index is -4.17. The predicted octanol–water partition coefficient (Wildman–Crippen LogP) is 4.00. The Kier molecular flexibility index (Phi) is 8.66. The summed E-state index contributed by atoms with van der Waals surface area (Å²) in [6.45, 7) is 5.67. The summed E-state index contributed by atoms with van der Waals surface area (Å²) in [6, 6.07) is 0. The highest BCUT2D eigenvalue weighted by molar-refractivity contribution is 9.12. The molecule has 0 aromatic heterocycles. The van der Waals surface area contributed by atoms with Gasteiger partial charge in [0.15, 0.2) is 0 Å². The Labute approximate surface area is 91.1 Å². The third-order valence-corrected chi connectivity index (χ3v) is 2.26. The molecule has 0 heterocycles. The van der Waals surface area contributed by atoms with Crippen molar-refractivity contribution in [2.45, 2.75) is 23.5 Å². The average Bonchev–Trinajstić information content (AvgIpc) is 1.85. The summed E-state index contributed by atoms with van der Waals surface area (Å²) in [6.07, 6.45) is 0. The van der Waals surface area contributed by atoms with Gasteiger partial charge in [0.25, 0.3) is 0 Å². The van der Waals surface area contributed by atoms with Crippen LogP contribution in [-0.2, 0) is 4.74 Å². The molecule has 0 fully saturated rings. The second-order valence-electron chi connectivity index (χ2n) is 1.78. The van der Waals surface area contributed by atoms with Gasteiger partial charge in [-0.15, -0.1) is 0 Å². The van der Waals surface area contributed by atoms with Crippen molar-refractivity contribution in [1.82, 2.24) is 0 Å². The van der Waals surface area contributed by atoms with E-state index in [1.54, 1.807) is 0 Å². The Morgan fingerprint density at radius 1 is 0.923 bits per heavy atom. The summed E-state index contributed by atoms with van der Waals surface area (Å²) < 4.78 is 50.2. The zero-order valence-corrected chi connectivity index (χ0v) is 10.3. The van der Waals surface area contributed by atoms with Crippen LogP contribution in [0.3, 0.4) is 0 Å². The van der Waals surface area contributed by atoms with Crippen molar-refractivity contribution in [2.24, 2.45) is 0 Å². The molecule has 0 rings (SSSR count). The first-order chi connectivity index (χ1) is 5.66. The van der Waals surface area contributed by atoms with Crippen LogP contribution in [0, 0.1) is 0 Å². The van der Waals surface area contributed by atoms with Crippen LogP contribution in [-0.4, -0.2) is 22.9 Å². The Balaban J connectivity index is 0. The van der Waals surface area contributed by atoms with Crippen molar-refractivity contribution in [3.05, 3.63) is 0 Å². The summed E-state index contributed by atoms with van der Waals surface area (Å²) in [7, 11) is 0. The minimum Gasteiger partial charge on any atom is -0.382 e. The molecule has 0 aliphatic heterocycles. The highest BCUT2D eigenvalue weighted by atomic mass is 79.9. The van der Waals surface area contributed by atoms with Crippen LogP contribution in [0.25, 0.3) is 0 Å². The summed E-state index contributed by atoms with van der Waals surface area (Å²) in [5.41, 5.74) is 0. The Hall–Kier alpha value is 0.640. The summed E-state index contributed by atoms with van der Waals surface area (Å²) in [5, 5.41) is 0. The second kappa shape index (κ2) is 7.00. The monoisotopic (exact) mass is 332 g/mol. The van der Waals surface area contributed by atoms with Crippen LogP contribution in [0.15, 0.2) is 0 Å². The molecule has 0 N–H and O–H groups in total. The predicted molar refractivity (Wildman–Crippen MR) is 49.9 cm³/mol. The van der Waals surface area contributed by atoms with E-state index in [2.05, 4.69) is 0 Å². The zero-order valence-electron chi connectivity index (χ0n) is 7.09. The molecule has 0 aliphatic rings. The number of hydrogen-bond acceptors (Lipinski definition) is 1. The van der Waals surface area contributed by atoms with Gasteiger partial charge in [-0.3, -0.25) is 0 Å². The molecule has 82 valence electrons. The van der Waals surface area contributed by atoms with Crippen molar-refractivity contribution in [1.29, 1.82) is 0 Å². The number of halogens is 6. The normalized spacial score (nSPS) is 12.0. The molecular formula is C6H10Br2F4O. The molecule has 0 unspecified atom stereocenters. The van der Waals surface area contributed by atoms with E-state index < -0.39 is 9.66 Å². The molecule has 0 saturated carbocycles. The summed E-state index contributed by atoms with van der Waals surface area (Å²) >= 11 is 2.94. The lowest BCUT2D eigenvalue weighted by atomic mass is 10.8. The van der Waals surface area contributed by atoms with Crippen molar-refractivity contribution >= 4 is 31.9 Å². The molecule has 0 bridgehead atoms. The number of rotatable bonds is 3. The lowest BCUT2D eigenvalue weighted by molar-refractivity contribution is -0.0724. The minimum absolute atomic E-state index is 0.844. The molecule has 0 spiro atoms. The van der Waals surface area contributed by atoms with Gasteiger partial charge < -0.3 is 4.74 Å². The number of alkyl halides is 6. The molecule has 0 radical (unpaired) electrons. The first-order valence-corrected chi connectivity index (χ1v) is 4.96. The maximum Gasteiger partial charge on any atom is 0.373 e. The van der Waals surface area contributed by atoms with Gasteiger partial charge in [-0.2, -0.15) is 17.6 Å². The standard InChI is InChI=1S/C4H10O.C2Br2F4/c1-3-5-4-2;3-1(5,6)2(4,7)8/h3-4H2,1-2H3;. The molecular weight excluding hydrogens is 324 g/mol. The number of ether oxygens (including phenoxy) is 1. The van der Waals surface area contributed by atoms with Gasteiger partial charge in [0.1, 0.15) is 0 Å². The van der Waals surface area contributed by atoms with E-state index in [-0.39, 0.29) is 0 Å². The molecule has 0 aliphatic carbocycles. The van der Waals surface area contributed by atoms with Crippen molar-refractivity contribution < 1.29 is 22.3 Å². The van der Waals surface area contributed by atoms with Crippen LogP contribution < -0.4 is 0 Å². The van der Waals surface area contributed by atoms with Gasteiger partial charge in [0.2, 0.25) is 0 Å². The SMILES string of the molecule is CCOCC.FC(F)(Br)C(F)(F)Br. The van der Waals surface area contributed by atoms with Gasteiger partial charge in [-0.05, 0) is 45.7 Å². The Morgan fingerprint density at radius 3 is 1.15 bits per heavy atom. The Morgan fingerprint density at radius 2 is 1.15 bits per heavy atom. The second-order valence-corrected chi connectivity index (χ2v) is 3.77. The van der Waals surface area contributed by atoms with Gasteiger partial charge >= 0.3 is 9.66 Å². The topological polar surface area (TPSA) is 9.23 Å². The van der Waals surface area contributed by atoms with E-state index in [1.165, 1.54) is 31.9 Å². The summed E-state index contributed by atoms with van der Waals surface area (Å²) in [5.74, 6) is 0. The first-order valence-electron chi connectivity index (χ1n) is 3.38. The maximum absolute atomic E-state index is 11.3. The van der Waals surface area contributed by atoms with Crippen LogP contribution in [0.4, 0.5) is 17.6 Å². The van der Waals surface area contributed by atoms with E-state index in [1.807, 2.05) is 13.8 Å². The van der Waals surface area contributed by atoms with Crippen molar-refractivity contribution in [3.8, 4) is 0 Å². The van der Waals surface area contributed by atoms with Gasteiger partial charge in [-0.25, -0.2) is 0 Å². The average molecular weight is 334 g/mol. The third kappa shape index (κ3) is 10.6. The van der Waals surface area contributed by atoms with E-state index in [0.717, 1.165) is 13.2 Å². The lowest BCUT2D eigenvalue weighted by Crippen LogP contribution is -2.27. The van der Waals surface area contributed by atoms with Gasteiger partial charge in [0, 0.05) is 13.2 Å². The highest BCUT2D eigenvalue weighted by Crippen LogP contribution is 2.43. The molecule has 0 atom stereocenters. The van der Waals surface area contributed by atoms with E-state index in [0.29, 0.717) is 0 Å². The molecule has 0 amide bonds. The van der Waals surface area contributed by atoms with E-state index in [9.17, 15) is 17.6 Å². The van der Waals surface area contributed by atoms with Gasteiger partial charge in [-0.1, -0.05) is 0 Å². The van der Waals surface area contributed by atoms with Crippen molar-refractivity contribution in [2.75, 3.05) is 13.2 Å². The summed E-state index contributed by atoms with van der Waals surface area (Å²) in [4.78, 5) is -8.33. The molecule has 1 nitrogen and oxygen atoms in total. The van der Waals surface area contributed by atoms with E-state index in [4.69, 9.17) is 4.74 Å². The molecule has 7 heteroatoms. The van der Waals surface area contributed by atoms with Crippen LogP contribution >= 0.6 is 31.9 Å². The zero-order chi connectivity index (χ0) is 11.1. The van der Waals surface area contributed by atoms with Crippen molar-refractivity contribution in [3.63, 3.8) is 0 Å². The van der Waals surface area contributed by atoms with Crippen LogP contribution in [0.1, 0.15) is 13.8 Å². The highest BCUT2D eigenvalue weighted by Gasteiger charge is 2.52. The van der Waals surface area contributed by atoms with Gasteiger partial charge in [0.05, 0.1) is 0 Å². The third-order valence-electron chi connectivity index (χ3n) is 0.730. The maximum atomic E-state index is 11.3. The molecule has 0 saturated heterocycles. The smallest absolute Gasteiger partial charge is 0.373 e. The lowest BCUT2D eigenvalue weighted by Gasteiger charge is -2.13. The quantitative estimate of drug-likeness (QED) is 0.560. The fraction of sp³-hybridized carbons (Fsp3) is 1.00. The molecule has 0 aromatic rings. The molecule has 13 heavy (non-hydrogen) atoms. The Bertz CT molecular complexity index is 107. The number of hydrogen-bond donors (Lipinski definition) is 0. The fourth-order valence-corrected chi connectivity index (χ4v) is 0.204. The largest absolute Gasteiger partial charge is 0.382 e. The molecule has 0 aromatic carbocycles.